The lowest BCUT2D eigenvalue weighted by atomic mass is 9.91. The Morgan fingerprint density at radius 2 is 2.00 bits per heavy atom. The molecular formula is C11H12F3N. The quantitative estimate of drug-likeness (QED) is 0.710. The fourth-order valence-electron chi connectivity index (χ4n) is 1.99. The van der Waals surface area contributed by atoms with Gasteiger partial charge in [0.05, 0.1) is 0 Å². The van der Waals surface area contributed by atoms with E-state index in [1.165, 1.54) is 0 Å². The molecule has 1 N–H and O–H groups in total. The second kappa shape index (κ2) is 4.23. The summed E-state index contributed by atoms with van der Waals surface area (Å²) in [7, 11) is 0. The topological polar surface area (TPSA) is 12.0 Å². The maximum absolute atomic E-state index is 13.4. The Morgan fingerprint density at radius 1 is 1.20 bits per heavy atom. The number of hydrogen-bond acceptors (Lipinski definition) is 1. The average Bonchev–Trinajstić information content (AvgIpc) is 2.24. The molecule has 0 aromatic heterocycles. The second-order valence-corrected chi connectivity index (χ2v) is 3.83. The number of rotatable bonds is 1. The zero-order valence-corrected chi connectivity index (χ0v) is 8.19. The van der Waals surface area contributed by atoms with Crippen molar-refractivity contribution in [3.8, 4) is 0 Å². The molecule has 1 saturated heterocycles. The molecule has 1 aromatic carbocycles. The van der Waals surface area contributed by atoms with Gasteiger partial charge in [0.25, 0.3) is 0 Å². The molecule has 0 unspecified atom stereocenters. The first-order chi connectivity index (χ1) is 7.18. The number of piperidine rings is 1. The third-order valence-electron chi connectivity index (χ3n) is 2.76. The van der Waals surface area contributed by atoms with Crippen LogP contribution < -0.4 is 5.32 Å². The van der Waals surface area contributed by atoms with Crippen molar-refractivity contribution in [3.63, 3.8) is 0 Å². The van der Waals surface area contributed by atoms with Gasteiger partial charge in [0.1, 0.15) is 5.82 Å². The molecule has 1 aliphatic rings. The van der Waals surface area contributed by atoms with Crippen molar-refractivity contribution in [3.05, 3.63) is 35.1 Å². The van der Waals surface area contributed by atoms with E-state index < -0.39 is 17.5 Å². The first kappa shape index (κ1) is 10.5. The highest BCUT2D eigenvalue weighted by atomic mass is 19.2. The van der Waals surface area contributed by atoms with E-state index in [1.54, 1.807) is 0 Å². The van der Waals surface area contributed by atoms with Crippen LogP contribution in [0.4, 0.5) is 13.2 Å². The van der Waals surface area contributed by atoms with Crippen LogP contribution in [0, 0.1) is 17.5 Å². The number of nitrogens with one attached hydrogen (secondary N) is 1. The van der Waals surface area contributed by atoms with Gasteiger partial charge < -0.3 is 5.32 Å². The van der Waals surface area contributed by atoms with Gasteiger partial charge in [-0.25, -0.2) is 13.2 Å². The van der Waals surface area contributed by atoms with Crippen molar-refractivity contribution in [2.24, 2.45) is 0 Å². The fraction of sp³-hybridized carbons (Fsp3) is 0.455. The van der Waals surface area contributed by atoms with Gasteiger partial charge in [-0.15, -0.1) is 0 Å². The minimum absolute atomic E-state index is 0.121. The summed E-state index contributed by atoms with van der Waals surface area (Å²) in [5.41, 5.74) is 0.153. The number of hydrogen-bond donors (Lipinski definition) is 1. The maximum Gasteiger partial charge on any atom is 0.162 e. The molecule has 0 bridgehead atoms. The summed E-state index contributed by atoms with van der Waals surface area (Å²) in [4.78, 5) is 0. The van der Waals surface area contributed by atoms with Gasteiger partial charge in [-0.2, -0.15) is 0 Å². The van der Waals surface area contributed by atoms with Crippen molar-refractivity contribution in [2.45, 2.75) is 18.8 Å². The molecule has 15 heavy (non-hydrogen) atoms. The van der Waals surface area contributed by atoms with Gasteiger partial charge in [0.2, 0.25) is 0 Å². The van der Waals surface area contributed by atoms with Crippen LogP contribution >= 0.6 is 0 Å². The van der Waals surface area contributed by atoms with Gasteiger partial charge in [-0.05, 0) is 36.9 Å². The summed E-state index contributed by atoms with van der Waals surface area (Å²) in [6, 6.07) is 1.67. The number of benzene rings is 1. The number of halogens is 3. The third-order valence-corrected chi connectivity index (χ3v) is 2.76. The Hall–Kier alpha value is -1.03. The molecule has 1 heterocycles. The summed E-state index contributed by atoms with van der Waals surface area (Å²) in [5, 5.41) is 3.09. The Bertz CT molecular complexity index is 359. The lowest BCUT2D eigenvalue weighted by Gasteiger charge is -2.23. The molecule has 1 fully saturated rings. The zero-order chi connectivity index (χ0) is 10.8. The normalized spacial score (nSPS) is 21.7. The predicted molar refractivity (Wildman–Crippen MR) is 51.2 cm³/mol. The lowest BCUT2D eigenvalue weighted by Crippen LogP contribution is -2.29. The van der Waals surface area contributed by atoms with E-state index >= 15 is 0 Å². The summed E-state index contributed by atoms with van der Waals surface area (Å²) in [6.07, 6.45) is 1.68. The van der Waals surface area contributed by atoms with E-state index in [-0.39, 0.29) is 11.5 Å². The largest absolute Gasteiger partial charge is 0.316 e. The van der Waals surface area contributed by atoms with Gasteiger partial charge in [-0.1, -0.05) is 0 Å². The van der Waals surface area contributed by atoms with Crippen LogP contribution in [0.5, 0.6) is 0 Å². The van der Waals surface area contributed by atoms with E-state index in [1.807, 2.05) is 0 Å². The van der Waals surface area contributed by atoms with Gasteiger partial charge in [-0.3, -0.25) is 0 Å². The molecule has 0 spiro atoms. The molecule has 1 nitrogen and oxygen atoms in total. The monoisotopic (exact) mass is 215 g/mol. The molecule has 2 rings (SSSR count). The minimum atomic E-state index is -1.10. The van der Waals surface area contributed by atoms with E-state index in [4.69, 9.17) is 0 Å². The van der Waals surface area contributed by atoms with Crippen LogP contribution in [0.2, 0.25) is 0 Å². The standard InChI is InChI=1S/C11H12F3N/c12-8-4-9(11(14)10(13)5-8)7-2-1-3-15-6-7/h4-5,7,15H,1-3,6H2/t7-/m0/s1. The molecule has 4 heteroatoms. The van der Waals surface area contributed by atoms with Gasteiger partial charge in [0.15, 0.2) is 11.6 Å². The van der Waals surface area contributed by atoms with Crippen molar-refractivity contribution in [1.29, 1.82) is 0 Å². The smallest absolute Gasteiger partial charge is 0.162 e. The molecule has 0 aliphatic carbocycles. The zero-order valence-electron chi connectivity index (χ0n) is 8.19. The predicted octanol–water partition coefficient (Wildman–Crippen LogP) is 2.57. The van der Waals surface area contributed by atoms with E-state index in [0.717, 1.165) is 25.5 Å². The van der Waals surface area contributed by atoms with Crippen LogP contribution in [-0.4, -0.2) is 13.1 Å². The van der Waals surface area contributed by atoms with Crippen LogP contribution in [0.25, 0.3) is 0 Å². The second-order valence-electron chi connectivity index (χ2n) is 3.83. The van der Waals surface area contributed by atoms with Crippen molar-refractivity contribution < 1.29 is 13.2 Å². The van der Waals surface area contributed by atoms with Crippen molar-refractivity contribution in [1.82, 2.24) is 5.32 Å². The van der Waals surface area contributed by atoms with Gasteiger partial charge in [0, 0.05) is 12.6 Å². The van der Waals surface area contributed by atoms with E-state index in [9.17, 15) is 13.2 Å². The fourth-order valence-corrected chi connectivity index (χ4v) is 1.99. The SMILES string of the molecule is Fc1cc(F)c(F)c([C@H]2CCCNC2)c1. The molecule has 0 radical (unpaired) electrons. The Morgan fingerprint density at radius 3 is 2.67 bits per heavy atom. The first-order valence-corrected chi connectivity index (χ1v) is 5.03. The van der Waals surface area contributed by atoms with Crippen LogP contribution in [0.15, 0.2) is 12.1 Å². The molecule has 1 atom stereocenters. The minimum Gasteiger partial charge on any atom is -0.316 e. The first-order valence-electron chi connectivity index (χ1n) is 5.03. The van der Waals surface area contributed by atoms with E-state index in [0.29, 0.717) is 12.6 Å². The highest BCUT2D eigenvalue weighted by Gasteiger charge is 2.21. The summed E-state index contributed by atoms with van der Waals surface area (Å²) in [6.45, 7) is 1.47. The van der Waals surface area contributed by atoms with Gasteiger partial charge >= 0.3 is 0 Å². The summed E-state index contributed by atoms with van der Waals surface area (Å²) < 4.78 is 39.3. The summed E-state index contributed by atoms with van der Waals surface area (Å²) >= 11 is 0. The molecule has 0 saturated carbocycles. The van der Waals surface area contributed by atoms with Crippen LogP contribution in [0.1, 0.15) is 24.3 Å². The van der Waals surface area contributed by atoms with Crippen molar-refractivity contribution in [2.75, 3.05) is 13.1 Å². The lowest BCUT2D eigenvalue weighted by molar-refractivity contribution is 0.425. The Labute approximate surface area is 86.3 Å². The maximum atomic E-state index is 13.4. The van der Waals surface area contributed by atoms with E-state index in [2.05, 4.69) is 5.32 Å². The molecule has 1 aromatic rings. The average molecular weight is 215 g/mol. The highest BCUT2D eigenvalue weighted by Crippen LogP contribution is 2.27. The molecule has 0 amide bonds. The Balaban J connectivity index is 2.33. The van der Waals surface area contributed by atoms with Crippen molar-refractivity contribution >= 4 is 0 Å². The van der Waals surface area contributed by atoms with Crippen LogP contribution in [-0.2, 0) is 0 Å². The summed E-state index contributed by atoms with van der Waals surface area (Å²) in [5.74, 6) is -2.85. The molecule has 1 aliphatic heterocycles. The third kappa shape index (κ3) is 2.15. The van der Waals surface area contributed by atoms with Crippen LogP contribution in [0.3, 0.4) is 0 Å². The molecular weight excluding hydrogens is 203 g/mol. The molecule has 82 valence electrons. The highest BCUT2D eigenvalue weighted by molar-refractivity contribution is 5.24. The Kier molecular flexibility index (Phi) is 2.95.